The van der Waals surface area contributed by atoms with Crippen molar-refractivity contribution in [3.63, 3.8) is 0 Å². The Morgan fingerprint density at radius 3 is 2.50 bits per heavy atom. The smallest absolute Gasteiger partial charge is 0.222 e. The third-order valence-electron chi connectivity index (χ3n) is 5.15. The van der Waals surface area contributed by atoms with Gasteiger partial charge in [-0.05, 0) is 31.0 Å². The Morgan fingerprint density at radius 1 is 1.32 bits per heavy atom. The Bertz CT molecular complexity index is 365. The van der Waals surface area contributed by atoms with Crippen molar-refractivity contribution in [1.82, 2.24) is 4.90 Å². The molecule has 0 unspecified atom stereocenters. The molecule has 2 atom stereocenters. The first kappa shape index (κ1) is 19.7. The van der Waals surface area contributed by atoms with E-state index in [9.17, 15) is 9.90 Å². The van der Waals surface area contributed by atoms with Crippen LogP contribution in [0.15, 0.2) is 0 Å². The minimum absolute atomic E-state index is 0.0400. The number of hydrogen-bond acceptors (Lipinski definition) is 3. The SMILES string of the molecule is CCCCCC(=O)N1C[C@H](O)C[C@H]1CO[Si](C)(C)C(C)(C)C. The van der Waals surface area contributed by atoms with Crippen LogP contribution in [0.1, 0.15) is 59.8 Å². The largest absolute Gasteiger partial charge is 0.415 e. The van der Waals surface area contributed by atoms with Crippen LogP contribution < -0.4 is 0 Å². The lowest BCUT2D eigenvalue weighted by molar-refractivity contribution is -0.133. The van der Waals surface area contributed by atoms with Gasteiger partial charge in [-0.15, -0.1) is 0 Å². The molecular formula is C17H35NO3Si. The van der Waals surface area contributed by atoms with Crippen LogP contribution in [0.2, 0.25) is 18.1 Å². The molecule has 0 radical (unpaired) electrons. The molecule has 1 rings (SSSR count). The minimum Gasteiger partial charge on any atom is -0.415 e. The van der Waals surface area contributed by atoms with E-state index in [-0.39, 0.29) is 17.0 Å². The fraction of sp³-hybridized carbons (Fsp3) is 0.941. The highest BCUT2D eigenvalue weighted by molar-refractivity contribution is 6.74. The number of unbranched alkanes of at least 4 members (excludes halogenated alkanes) is 2. The van der Waals surface area contributed by atoms with Gasteiger partial charge in [0, 0.05) is 13.0 Å². The van der Waals surface area contributed by atoms with Gasteiger partial charge in [-0.2, -0.15) is 0 Å². The molecule has 1 N–H and O–H groups in total. The molecule has 5 heteroatoms. The first-order valence-corrected chi connectivity index (χ1v) is 11.6. The first-order valence-electron chi connectivity index (χ1n) is 8.70. The van der Waals surface area contributed by atoms with Crippen LogP contribution in [-0.2, 0) is 9.22 Å². The number of amides is 1. The van der Waals surface area contributed by atoms with E-state index in [1.165, 1.54) is 0 Å². The van der Waals surface area contributed by atoms with Crippen molar-refractivity contribution >= 4 is 14.2 Å². The summed E-state index contributed by atoms with van der Waals surface area (Å²) in [6, 6.07) is 0.0400. The molecule has 0 spiro atoms. The lowest BCUT2D eigenvalue weighted by Gasteiger charge is -2.38. The maximum atomic E-state index is 12.4. The number of aliphatic hydroxyl groups excluding tert-OH is 1. The molecule has 0 aliphatic carbocycles. The second-order valence-electron chi connectivity index (χ2n) is 8.12. The van der Waals surface area contributed by atoms with Crippen molar-refractivity contribution in [3.8, 4) is 0 Å². The highest BCUT2D eigenvalue weighted by atomic mass is 28.4. The van der Waals surface area contributed by atoms with E-state index in [0.29, 0.717) is 26.0 Å². The summed E-state index contributed by atoms with van der Waals surface area (Å²) < 4.78 is 6.27. The second kappa shape index (κ2) is 7.93. The number of likely N-dealkylation sites (tertiary alicyclic amines) is 1. The highest BCUT2D eigenvalue weighted by Gasteiger charge is 2.40. The number of carbonyl (C=O) groups is 1. The summed E-state index contributed by atoms with van der Waals surface area (Å²) in [5, 5.41) is 10.1. The minimum atomic E-state index is -1.81. The number of nitrogens with zero attached hydrogens (tertiary/aromatic N) is 1. The van der Waals surface area contributed by atoms with Gasteiger partial charge in [0.05, 0.1) is 18.8 Å². The Kier molecular flexibility index (Phi) is 7.08. The molecule has 4 nitrogen and oxygen atoms in total. The van der Waals surface area contributed by atoms with Crippen molar-refractivity contribution in [2.24, 2.45) is 0 Å². The molecule has 0 bridgehead atoms. The maximum Gasteiger partial charge on any atom is 0.222 e. The molecule has 0 saturated carbocycles. The molecule has 1 saturated heterocycles. The van der Waals surface area contributed by atoms with Crippen molar-refractivity contribution in [1.29, 1.82) is 0 Å². The Balaban J connectivity index is 2.58. The second-order valence-corrected chi connectivity index (χ2v) is 12.9. The molecule has 1 amide bonds. The van der Waals surface area contributed by atoms with Crippen LogP contribution in [0.5, 0.6) is 0 Å². The van der Waals surface area contributed by atoms with E-state index in [2.05, 4.69) is 40.8 Å². The van der Waals surface area contributed by atoms with Gasteiger partial charge in [0.15, 0.2) is 8.32 Å². The molecule has 1 aliphatic heterocycles. The molecule has 0 aromatic carbocycles. The normalized spacial score (nSPS) is 23.1. The van der Waals surface area contributed by atoms with Gasteiger partial charge in [-0.25, -0.2) is 0 Å². The van der Waals surface area contributed by atoms with E-state index in [1.807, 2.05) is 4.90 Å². The zero-order valence-electron chi connectivity index (χ0n) is 15.3. The van der Waals surface area contributed by atoms with Crippen LogP contribution in [-0.4, -0.2) is 49.5 Å². The van der Waals surface area contributed by atoms with Crippen LogP contribution in [0.25, 0.3) is 0 Å². The van der Waals surface area contributed by atoms with Crippen molar-refractivity contribution in [2.75, 3.05) is 13.2 Å². The van der Waals surface area contributed by atoms with Crippen LogP contribution in [0.3, 0.4) is 0 Å². The summed E-state index contributed by atoms with van der Waals surface area (Å²) in [7, 11) is -1.81. The van der Waals surface area contributed by atoms with Crippen LogP contribution in [0, 0.1) is 0 Å². The quantitative estimate of drug-likeness (QED) is 0.574. The van der Waals surface area contributed by atoms with E-state index >= 15 is 0 Å². The van der Waals surface area contributed by atoms with Gasteiger partial charge in [0.2, 0.25) is 5.91 Å². The third-order valence-corrected chi connectivity index (χ3v) is 9.65. The number of rotatable bonds is 7. The first-order chi connectivity index (χ1) is 10.1. The average Bonchev–Trinajstić information content (AvgIpc) is 2.77. The predicted octanol–water partition coefficient (Wildman–Crippen LogP) is 3.55. The number of β-amino-alcohol motifs (C(OH)–C–C–N with tert-alkyl or cyclic N) is 1. The summed E-state index contributed by atoms with van der Waals surface area (Å²) in [5.41, 5.74) is 0. The predicted molar refractivity (Wildman–Crippen MR) is 93.4 cm³/mol. The van der Waals surface area contributed by atoms with Crippen molar-refractivity contribution < 1.29 is 14.3 Å². The highest BCUT2D eigenvalue weighted by Crippen LogP contribution is 2.37. The van der Waals surface area contributed by atoms with E-state index in [4.69, 9.17) is 4.43 Å². The lowest BCUT2D eigenvalue weighted by atomic mass is 10.1. The summed E-state index contributed by atoms with van der Waals surface area (Å²) >= 11 is 0. The monoisotopic (exact) mass is 329 g/mol. The number of aliphatic hydroxyl groups is 1. The van der Waals surface area contributed by atoms with E-state index in [1.54, 1.807) is 0 Å². The molecule has 0 aromatic rings. The van der Waals surface area contributed by atoms with Crippen molar-refractivity contribution in [3.05, 3.63) is 0 Å². The topological polar surface area (TPSA) is 49.8 Å². The van der Waals surface area contributed by atoms with Crippen LogP contribution in [0.4, 0.5) is 0 Å². The standard InChI is InChI=1S/C17H35NO3Si/c1-7-8-9-10-16(20)18-12-15(19)11-14(18)13-21-22(5,6)17(2,3)4/h14-15,19H,7-13H2,1-6H3/t14-,15+/m0/s1. The summed E-state index contributed by atoms with van der Waals surface area (Å²) in [6.45, 7) is 14.3. The van der Waals surface area contributed by atoms with Crippen LogP contribution >= 0.6 is 0 Å². The fourth-order valence-electron chi connectivity index (χ4n) is 2.55. The molecule has 130 valence electrons. The molecule has 1 heterocycles. The molecule has 22 heavy (non-hydrogen) atoms. The fourth-order valence-corrected chi connectivity index (χ4v) is 3.59. The molecular weight excluding hydrogens is 294 g/mol. The van der Waals surface area contributed by atoms with E-state index in [0.717, 1.165) is 19.3 Å². The van der Waals surface area contributed by atoms with Gasteiger partial charge in [0.25, 0.3) is 0 Å². The van der Waals surface area contributed by atoms with Crippen molar-refractivity contribution in [2.45, 2.75) is 90.1 Å². The van der Waals surface area contributed by atoms with E-state index < -0.39 is 14.4 Å². The zero-order valence-corrected chi connectivity index (χ0v) is 16.3. The Labute approximate surface area is 137 Å². The zero-order chi connectivity index (χ0) is 17.0. The summed E-state index contributed by atoms with van der Waals surface area (Å²) in [6.07, 6.45) is 3.99. The summed E-state index contributed by atoms with van der Waals surface area (Å²) in [5.74, 6) is 0.175. The maximum absolute atomic E-state index is 12.4. The Morgan fingerprint density at radius 2 is 1.95 bits per heavy atom. The van der Waals surface area contributed by atoms with Gasteiger partial charge in [-0.1, -0.05) is 40.5 Å². The van der Waals surface area contributed by atoms with Gasteiger partial charge >= 0.3 is 0 Å². The Hall–Kier alpha value is -0.393. The van der Waals surface area contributed by atoms with Gasteiger partial charge < -0.3 is 14.4 Å². The van der Waals surface area contributed by atoms with Gasteiger partial charge in [-0.3, -0.25) is 4.79 Å². The molecule has 1 aliphatic rings. The lowest BCUT2D eigenvalue weighted by Crippen LogP contribution is -2.45. The number of carbonyl (C=O) groups excluding carboxylic acids is 1. The average molecular weight is 330 g/mol. The molecule has 1 fully saturated rings. The summed E-state index contributed by atoms with van der Waals surface area (Å²) in [4.78, 5) is 14.2. The number of hydrogen-bond donors (Lipinski definition) is 1. The molecule has 0 aromatic heterocycles. The van der Waals surface area contributed by atoms with Gasteiger partial charge in [0.1, 0.15) is 0 Å². The third kappa shape index (κ3) is 5.35.